The Bertz CT molecular complexity index is 1070. The highest BCUT2D eigenvalue weighted by molar-refractivity contribution is 5.72. The summed E-state index contributed by atoms with van der Waals surface area (Å²) in [4.78, 5) is 21.6. The van der Waals surface area contributed by atoms with Gasteiger partial charge in [0.1, 0.15) is 11.9 Å². The third kappa shape index (κ3) is 4.09. The summed E-state index contributed by atoms with van der Waals surface area (Å²) in [5, 5.41) is 13.0. The molecule has 0 atom stereocenters. The summed E-state index contributed by atoms with van der Waals surface area (Å²) in [5.74, 6) is 1.69. The van der Waals surface area contributed by atoms with E-state index in [0.29, 0.717) is 5.56 Å². The lowest BCUT2D eigenvalue weighted by molar-refractivity contribution is 0.568. The zero-order valence-electron chi connectivity index (χ0n) is 17.5. The Balaban J connectivity index is 1.40. The van der Waals surface area contributed by atoms with Gasteiger partial charge in [-0.25, -0.2) is 9.97 Å². The van der Waals surface area contributed by atoms with Crippen molar-refractivity contribution in [2.75, 3.05) is 49.1 Å². The van der Waals surface area contributed by atoms with E-state index >= 15 is 0 Å². The third-order valence-corrected chi connectivity index (χ3v) is 5.99. The van der Waals surface area contributed by atoms with Gasteiger partial charge in [0.25, 0.3) is 0 Å². The van der Waals surface area contributed by atoms with Gasteiger partial charge in [0, 0.05) is 74.7 Å². The van der Waals surface area contributed by atoms with E-state index in [1.165, 1.54) is 19.3 Å². The SMILES string of the molecule is N#Cc1cc(-c2ccnc(-c3cnc(N4CCCCC4)nc3)c2)[nH]c1N1CCNCC1. The molecule has 2 N–H and O–H groups in total. The first-order chi connectivity index (χ1) is 15.3. The number of anilines is 2. The molecule has 0 amide bonds. The Morgan fingerprint density at radius 3 is 2.39 bits per heavy atom. The molecule has 8 nitrogen and oxygen atoms in total. The lowest BCUT2D eigenvalue weighted by Gasteiger charge is -2.28. The quantitative estimate of drug-likeness (QED) is 0.677. The van der Waals surface area contributed by atoms with Crippen LogP contribution in [0.5, 0.6) is 0 Å². The fourth-order valence-corrected chi connectivity index (χ4v) is 4.29. The Morgan fingerprint density at radius 1 is 0.871 bits per heavy atom. The molecule has 0 spiro atoms. The molecule has 5 rings (SSSR count). The zero-order valence-corrected chi connectivity index (χ0v) is 17.5. The number of nitriles is 1. The average molecular weight is 415 g/mol. The summed E-state index contributed by atoms with van der Waals surface area (Å²) >= 11 is 0. The average Bonchev–Trinajstić information content (AvgIpc) is 3.30. The summed E-state index contributed by atoms with van der Waals surface area (Å²) in [6.07, 6.45) is 9.18. The van der Waals surface area contributed by atoms with E-state index < -0.39 is 0 Å². The predicted molar refractivity (Wildman–Crippen MR) is 121 cm³/mol. The van der Waals surface area contributed by atoms with E-state index in [1.54, 1.807) is 6.20 Å². The van der Waals surface area contributed by atoms with Crippen LogP contribution in [0.1, 0.15) is 24.8 Å². The molecule has 2 saturated heterocycles. The molecule has 2 fully saturated rings. The highest BCUT2D eigenvalue weighted by Gasteiger charge is 2.18. The molecular formula is C23H26N8. The molecule has 5 heterocycles. The minimum Gasteiger partial charge on any atom is -0.355 e. The normalized spacial score (nSPS) is 16.9. The number of aromatic amines is 1. The molecule has 0 radical (unpaired) electrons. The van der Waals surface area contributed by atoms with Gasteiger partial charge in [-0.2, -0.15) is 5.26 Å². The van der Waals surface area contributed by atoms with Crippen molar-refractivity contribution in [1.29, 1.82) is 5.26 Å². The van der Waals surface area contributed by atoms with Crippen molar-refractivity contribution >= 4 is 11.8 Å². The topological polar surface area (TPSA) is 96.8 Å². The molecule has 8 heteroatoms. The standard InChI is InChI=1S/C23H26N8/c24-14-18-13-21(29-22(18)30-10-6-25-7-11-30)17-4-5-26-20(12-17)19-15-27-23(28-16-19)31-8-2-1-3-9-31/h4-5,12-13,15-16,25,29H,1-3,6-11H2. The second-order valence-electron chi connectivity index (χ2n) is 8.04. The van der Waals surface area contributed by atoms with Gasteiger partial charge in [0.15, 0.2) is 0 Å². The molecular weight excluding hydrogens is 388 g/mol. The Hall–Kier alpha value is -3.44. The first-order valence-electron chi connectivity index (χ1n) is 10.9. The van der Waals surface area contributed by atoms with Crippen LogP contribution in [-0.4, -0.2) is 59.2 Å². The largest absolute Gasteiger partial charge is 0.355 e. The molecule has 2 aliphatic rings. The van der Waals surface area contributed by atoms with Crippen molar-refractivity contribution in [1.82, 2.24) is 25.3 Å². The number of aromatic nitrogens is 4. The number of piperazine rings is 1. The van der Waals surface area contributed by atoms with Gasteiger partial charge >= 0.3 is 0 Å². The van der Waals surface area contributed by atoms with Crippen molar-refractivity contribution in [2.45, 2.75) is 19.3 Å². The summed E-state index contributed by atoms with van der Waals surface area (Å²) in [7, 11) is 0. The molecule has 0 bridgehead atoms. The number of nitrogens with one attached hydrogen (secondary N) is 2. The van der Waals surface area contributed by atoms with Crippen molar-refractivity contribution < 1.29 is 0 Å². The Labute approximate surface area is 182 Å². The lowest BCUT2D eigenvalue weighted by atomic mass is 10.1. The maximum Gasteiger partial charge on any atom is 0.225 e. The number of hydrogen-bond acceptors (Lipinski definition) is 7. The van der Waals surface area contributed by atoms with E-state index in [0.717, 1.165) is 73.5 Å². The number of hydrogen-bond donors (Lipinski definition) is 2. The van der Waals surface area contributed by atoms with E-state index in [-0.39, 0.29) is 0 Å². The fraction of sp³-hybridized carbons (Fsp3) is 0.391. The molecule has 0 unspecified atom stereocenters. The van der Waals surface area contributed by atoms with Crippen molar-refractivity contribution in [2.24, 2.45) is 0 Å². The maximum absolute atomic E-state index is 9.63. The first-order valence-corrected chi connectivity index (χ1v) is 10.9. The van der Waals surface area contributed by atoms with Gasteiger partial charge < -0.3 is 20.1 Å². The van der Waals surface area contributed by atoms with E-state index in [2.05, 4.69) is 41.1 Å². The third-order valence-electron chi connectivity index (χ3n) is 5.99. The predicted octanol–water partition coefficient (Wildman–Crippen LogP) is 2.81. The van der Waals surface area contributed by atoms with Crippen LogP contribution in [0.2, 0.25) is 0 Å². The smallest absolute Gasteiger partial charge is 0.225 e. The van der Waals surface area contributed by atoms with Crippen molar-refractivity contribution in [3.05, 3.63) is 42.4 Å². The number of nitrogens with zero attached hydrogens (tertiary/aromatic N) is 6. The summed E-state index contributed by atoms with van der Waals surface area (Å²) < 4.78 is 0. The van der Waals surface area contributed by atoms with Crippen LogP contribution in [0.4, 0.5) is 11.8 Å². The van der Waals surface area contributed by atoms with Crippen molar-refractivity contribution in [3.63, 3.8) is 0 Å². The highest BCUT2D eigenvalue weighted by atomic mass is 15.2. The van der Waals surface area contributed by atoms with Crippen molar-refractivity contribution in [3.8, 4) is 28.6 Å². The zero-order chi connectivity index (χ0) is 21.0. The van der Waals surface area contributed by atoms with Crippen LogP contribution in [0.15, 0.2) is 36.8 Å². The second-order valence-corrected chi connectivity index (χ2v) is 8.04. The van der Waals surface area contributed by atoms with Crippen LogP contribution < -0.4 is 15.1 Å². The molecule has 0 saturated carbocycles. The summed E-state index contributed by atoms with van der Waals surface area (Å²) in [6.45, 7) is 5.67. The number of H-pyrrole nitrogens is 1. The van der Waals surface area contributed by atoms with Gasteiger partial charge in [-0.15, -0.1) is 0 Å². The van der Waals surface area contributed by atoms with Crippen LogP contribution >= 0.6 is 0 Å². The Kier molecular flexibility index (Phi) is 5.50. The lowest BCUT2D eigenvalue weighted by Crippen LogP contribution is -2.44. The number of piperidine rings is 1. The van der Waals surface area contributed by atoms with Gasteiger partial charge in [0.05, 0.1) is 11.3 Å². The molecule has 0 aliphatic carbocycles. The number of pyridine rings is 1. The molecule has 158 valence electrons. The second kappa shape index (κ2) is 8.74. The van der Waals surface area contributed by atoms with Gasteiger partial charge in [-0.1, -0.05) is 0 Å². The van der Waals surface area contributed by atoms with E-state index in [4.69, 9.17) is 0 Å². The monoisotopic (exact) mass is 414 g/mol. The minimum absolute atomic E-state index is 0.671. The van der Waals surface area contributed by atoms with E-state index in [9.17, 15) is 5.26 Å². The minimum atomic E-state index is 0.671. The van der Waals surface area contributed by atoms with E-state index in [1.807, 2.05) is 30.6 Å². The van der Waals surface area contributed by atoms with Crippen LogP contribution in [0.3, 0.4) is 0 Å². The molecule has 0 aromatic carbocycles. The summed E-state index contributed by atoms with van der Waals surface area (Å²) in [5.41, 5.74) is 4.28. The Morgan fingerprint density at radius 2 is 1.65 bits per heavy atom. The molecule has 31 heavy (non-hydrogen) atoms. The van der Waals surface area contributed by atoms with Crippen LogP contribution in [0, 0.1) is 11.3 Å². The molecule has 3 aromatic rings. The molecule has 2 aliphatic heterocycles. The molecule has 3 aromatic heterocycles. The summed E-state index contributed by atoms with van der Waals surface area (Å²) in [6, 6.07) is 8.24. The number of rotatable bonds is 4. The maximum atomic E-state index is 9.63. The fourth-order valence-electron chi connectivity index (χ4n) is 4.29. The highest BCUT2D eigenvalue weighted by Crippen LogP contribution is 2.29. The van der Waals surface area contributed by atoms with Gasteiger partial charge in [-0.3, -0.25) is 4.98 Å². The van der Waals surface area contributed by atoms with Gasteiger partial charge in [0.2, 0.25) is 5.95 Å². The van der Waals surface area contributed by atoms with Crippen LogP contribution in [-0.2, 0) is 0 Å². The van der Waals surface area contributed by atoms with Gasteiger partial charge in [-0.05, 0) is 37.5 Å². The van der Waals surface area contributed by atoms with Crippen LogP contribution in [0.25, 0.3) is 22.5 Å². The first kappa shape index (κ1) is 19.5.